The number of carbonyl (C=O) groups is 2. The van der Waals surface area contributed by atoms with Gasteiger partial charge in [0.05, 0.1) is 13.3 Å². The first-order valence-corrected chi connectivity index (χ1v) is 15.9. The standard InChI is InChI=1S/C29H26O2P2S.Fe/c1-32(23-15-7-3-8-16-23,24-17-9-4-10-18-24)28(30)27(34)29(31)33(2,25-19-11-5-12-20-25)26-21-13-6-14-22-26;/h3-22H,1-2H3;/q+2;. The summed E-state index contributed by atoms with van der Waals surface area (Å²) in [5.41, 5.74) is -0.467. The predicted molar refractivity (Wildman–Crippen MR) is 153 cm³/mol. The second-order valence-corrected chi connectivity index (χ2v) is 15.6. The second kappa shape index (κ2) is 11.6. The summed E-state index contributed by atoms with van der Waals surface area (Å²) >= 11 is 5.75. The molecule has 4 rings (SSSR count). The Hall–Kier alpha value is -2.31. The third-order valence-corrected chi connectivity index (χ3v) is 14.4. The van der Waals surface area contributed by atoms with Gasteiger partial charge in [-0.1, -0.05) is 85.0 Å². The average molecular weight is 556 g/mol. The van der Waals surface area contributed by atoms with Crippen LogP contribution in [0.3, 0.4) is 0 Å². The number of hydrogen-bond donors (Lipinski definition) is 0. The second-order valence-electron chi connectivity index (χ2n) is 8.29. The zero-order chi connectivity index (χ0) is 24.2. The maximum Gasteiger partial charge on any atom is 0.326 e. The van der Waals surface area contributed by atoms with Gasteiger partial charge in [-0.3, -0.25) is 0 Å². The van der Waals surface area contributed by atoms with Crippen molar-refractivity contribution in [2.45, 2.75) is 0 Å². The van der Waals surface area contributed by atoms with E-state index < -0.39 is 14.5 Å². The topological polar surface area (TPSA) is 34.1 Å². The molecule has 0 amide bonds. The van der Waals surface area contributed by atoms with Gasteiger partial charge >= 0.3 is 11.0 Å². The van der Waals surface area contributed by atoms with Crippen LogP contribution in [0.5, 0.6) is 0 Å². The molecule has 0 aliphatic heterocycles. The van der Waals surface area contributed by atoms with Gasteiger partial charge in [0.2, 0.25) is 4.86 Å². The Labute approximate surface area is 224 Å². The van der Waals surface area contributed by atoms with Gasteiger partial charge in [-0.25, -0.2) is 9.59 Å². The fourth-order valence-electron chi connectivity index (χ4n) is 4.17. The van der Waals surface area contributed by atoms with Crippen LogP contribution in [0, 0.1) is 0 Å². The Kier molecular flexibility index (Phi) is 9.05. The van der Waals surface area contributed by atoms with Crippen molar-refractivity contribution in [3.8, 4) is 0 Å². The van der Waals surface area contributed by atoms with E-state index in [1.807, 2.05) is 135 Å². The SMILES string of the molecule is C[P+](C(=O)C(=S)C(=O)[P+](C)(c1ccccc1)c1ccccc1)(c1ccccc1)c1ccccc1.[Fe]. The van der Waals surface area contributed by atoms with Crippen LogP contribution >= 0.6 is 26.7 Å². The van der Waals surface area contributed by atoms with Crippen molar-refractivity contribution >= 4 is 63.9 Å². The van der Waals surface area contributed by atoms with Gasteiger partial charge in [-0.15, -0.1) is 0 Å². The van der Waals surface area contributed by atoms with Gasteiger partial charge in [0, 0.05) is 17.1 Å². The minimum Gasteiger partial charge on any atom is -0.245 e. The summed E-state index contributed by atoms with van der Waals surface area (Å²) in [7, 11) is -5.22. The molecule has 0 fully saturated rings. The van der Waals surface area contributed by atoms with Crippen molar-refractivity contribution in [1.29, 1.82) is 0 Å². The van der Waals surface area contributed by atoms with E-state index in [0.29, 0.717) is 0 Å². The largest absolute Gasteiger partial charge is 0.326 e. The molecule has 2 nitrogen and oxygen atoms in total. The molecule has 0 spiro atoms. The minimum absolute atomic E-state index is 0. The Bertz CT molecular complexity index is 1130. The molecule has 0 unspecified atom stereocenters. The van der Waals surface area contributed by atoms with E-state index in [1.54, 1.807) is 0 Å². The van der Waals surface area contributed by atoms with Gasteiger partial charge in [0.15, 0.2) is 14.5 Å². The third kappa shape index (κ3) is 5.14. The Morgan fingerprint density at radius 2 is 0.686 bits per heavy atom. The number of benzene rings is 4. The van der Waals surface area contributed by atoms with Crippen LogP contribution in [0.1, 0.15) is 0 Å². The summed E-state index contributed by atoms with van der Waals surface area (Å²) in [5, 5.41) is 3.67. The zero-order valence-electron chi connectivity index (χ0n) is 19.5. The molecule has 0 heterocycles. The van der Waals surface area contributed by atoms with E-state index in [4.69, 9.17) is 12.2 Å². The molecule has 0 aliphatic carbocycles. The molecule has 4 aromatic rings. The molecule has 0 bridgehead atoms. The number of rotatable bonds is 8. The van der Waals surface area contributed by atoms with E-state index in [0.717, 1.165) is 21.2 Å². The quantitative estimate of drug-likeness (QED) is 0.133. The summed E-state index contributed by atoms with van der Waals surface area (Å²) in [6, 6.07) is 38.9. The van der Waals surface area contributed by atoms with Crippen LogP contribution in [0.15, 0.2) is 121 Å². The van der Waals surface area contributed by atoms with E-state index in [1.165, 1.54) is 0 Å². The van der Waals surface area contributed by atoms with Crippen molar-refractivity contribution in [1.82, 2.24) is 0 Å². The Morgan fingerprint density at radius 3 is 0.886 bits per heavy atom. The Balaban J connectivity index is 0.00000342. The molecule has 0 saturated heterocycles. The molecule has 4 aromatic carbocycles. The molecule has 0 atom stereocenters. The van der Waals surface area contributed by atoms with Gasteiger partial charge in [0.1, 0.15) is 21.2 Å². The molecule has 6 heteroatoms. The van der Waals surface area contributed by atoms with Crippen molar-refractivity contribution in [2.75, 3.05) is 13.3 Å². The monoisotopic (exact) mass is 556 g/mol. The summed E-state index contributed by atoms with van der Waals surface area (Å²) in [6.45, 7) is 3.95. The van der Waals surface area contributed by atoms with Crippen LogP contribution in [0.4, 0.5) is 0 Å². The molecule has 0 aromatic heterocycles. The first-order valence-electron chi connectivity index (χ1n) is 11.0. The number of thiocarbonyl (C=S) groups is 1. The van der Waals surface area contributed by atoms with E-state index >= 15 is 0 Å². The van der Waals surface area contributed by atoms with E-state index in [9.17, 15) is 9.59 Å². The zero-order valence-corrected chi connectivity index (χ0v) is 23.2. The summed E-state index contributed by atoms with van der Waals surface area (Å²) in [5.74, 6) is 0. The molecule has 0 N–H and O–H groups in total. The molecule has 35 heavy (non-hydrogen) atoms. The van der Waals surface area contributed by atoms with E-state index in [-0.39, 0.29) is 33.0 Å². The molecule has 176 valence electrons. The van der Waals surface area contributed by atoms with Gasteiger partial charge in [0.25, 0.3) is 0 Å². The first-order chi connectivity index (χ1) is 16.4. The van der Waals surface area contributed by atoms with Gasteiger partial charge < -0.3 is 0 Å². The maximum atomic E-state index is 14.2. The summed E-state index contributed by atoms with van der Waals surface area (Å²) in [4.78, 5) is 28.4. The van der Waals surface area contributed by atoms with Crippen LogP contribution in [0.25, 0.3) is 0 Å². The van der Waals surface area contributed by atoms with Crippen molar-refractivity contribution in [3.63, 3.8) is 0 Å². The normalized spacial score (nSPS) is 11.3. The summed E-state index contributed by atoms with van der Waals surface area (Å²) in [6.07, 6.45) is 0. The molecule has 0 saturated carbocycles. The molecular weight excluding hydrogens is 530 g/mol. The van der Waals surface area contributed by atoms with Gasteiger partial charge in [-0.2, -0.15) is 0 Å². The van der Waals surface area contributed by atoms with Crippen LogP contribution in [-0.4, -0.2) is 29.2 Å². The summed E-state index contributed by atoms with van der Waals surface area (Å²) < 4.78 is 0. The fraction of sp³-hybridized carbons (Fsp3) is 0.0690. The predicted octanol–water partition coefficient (Wildman–Crippen LogP) is 5.00. The van der Waals surface area contributed by atoms with Crippen LogP contribution < -0.4 is 21.2 Å². The average Bonchev–Trinajstić information content (AvgIpc) is 2.92. The van der Waals surface area contributed by atoms with Crippen LogP contribution in [-0.2, 0) is 26.7 Å². The first kappa shape index (κ1) is 27.3. The third-order valence-electron chi connectivity index (χ3n) is 6.29. The Morgan fingerprint density at radius 1 is 0.486 bits per heavy atom. The smallest absolute Gasteiger partial charge is 0.245 e. The number of carbonyl (C=O) groups excluding carboxylic acids is 2. The molecule has 0 aliphatic rings. The minimum atomic E-state index is -2.61. The number of hydrogen-bond acceptors (Lipinski definition) is 3. The fourth-order valence-corrected chi connectivity index (χ4v) is 11.0. The van der Waals surface area contributed by atoms with Gasteiger partial charge in [-0.05, 0) is 48.5 Å². The van der Waals surface area contributed by atoms with Crippen molar-refractivity contribution < 1.29 is 26.7 Å². The van der Waals surface area contributed by atoms with Crippen molar-refractivity contribution in [3.05, 3.63) is 121 Å². The van der Waals surface area contributed by atoms with Crippen LogP contribution in [0.2, 0.25) is 0 Å². The molecule has 0 radical (unpaired) electrons. The maximum absolute atomic E-state index is 14.2. The van der Waals surface area contributed by atoms with E-state index in [2.05, 4.69) is 0 Å². The van der Waals surface area contributed by atoms with Crippen molar-refractivity contribution in [2.24, 2.45) is 0 Å². The molecular formula is C29H26FeO2P2S+2.